The third-order valence-electron chi connectivity index (χ3n) is 3.89. The van der Waals surface area contributed by atoms with Crippen molar-refractivity contribution in [2.45, 2.75) is 23.8 Å². The number of hydrogen-bond acceptors (Lipinski definition) is 5. The number of methoxy groups -OCH3 is 2. The molecular formula is C16H19NO4S2. The van der Waals surface area contributed by atoms with Gasteiger partial charge in [-0.2, -0.15) is 0 Å². The highest BCUT2D eigenvalue weighted by atomic mass is 32.2. The summed E-state index contributed by atoms with van der Waals surface area (Å²) in [4.78, 5) is 1.23. The molecule has 23 heavy (non-hydrogen) atoms. The molecule has 1 N–H and O–H groups in total. The van der Waals surface area contributed by atoms with E-state index >= 15 is 0 Å². The zero-order chi connectivity index (χ0) is 16.4. The molecule has 1 aliphatic rings. The Kier molecular flexibility index (Phi) is 4.61. The van der Waals surface area contributed by atoms with Gasteiger partial charge < -0.3 is 9.47 Å². The third kappa shape index (κ3) is 3.52. The van der Waals surface area contributed by atoms with Crippen LogP contribution in [0.4, 0.5) is 0 Å². The second-order valence-corrected chi connectivity index (χ2v) is 8.16. The molecule has 3 rings (SSSR count). The molecule has 1 fully saturated rings. The summed E-state index contributed by atoms with van der Waals surface area (Å²) in [5, 5.41) is 1.97. The lowest BCUT2D eigenvalue weighted by Gasteiger charge is -2.18. The molecule has 0 amide bonds. The largest absolute Gasteiger partial charge is 0.493 e. The van der Waals surface area contributed by atoms with Crippen molar-refractivity contribution >= 4 is 21.4 Å². The van der Waals surface area contributed by atoms with E-state index in [2.05, 4.69) is 4.72 Å². The number of sulfonamides is 1. The van der Waals surface area contributed by atoms with Crippen molar-refractivity contribution in [3.05, 3.63) is 40.6 Å². The van der Waals surface area contributed by atoms with Gasteiger partial charge in [0.05, 0.1) is 25.2 Å². The summed E-state index contributed by atoms with van der Waals surface area (Å²) >= 11 is 1.58. The molecular weight excluding hydrogens is 334 g/mol. The summed E-state index contributed by atoms with van der Waals surface area (Å²) in [6.45, 7) is 0. The summed E-state index contributed by atoms with van der Waals surface area (Å²) in [6, 6.07) is 8.38. The van der Waals surface area contributed by atoms with Gasteiger partial charge in [0.1, 0.15) is 0 Å². The van der Waals surface area contributed by atoms with Crippen molar-refractivity contribution in [1.29, 1.82) is 0 Å². The lowest BCUT2D eigenvalue weighted by atomic mass is 10.2. The van der Waals surface area contributed by atoms with Crippen molar-refractivity contribution in [3.8, 4) is 11.5 Å². The van der Waals surface area contributed by atoms with E-state index in [4.69, 9.17) is 9.47 Å². The molecule has 0 spiro atoms. The minimum atomic E-state index is -3.63. The molecule has 0 aliphatic heterocycles. The summed E-state index contributed by atoms with van der Waals surface area (Å²) in [5.41, 5.74) is 0. The summed E-state index contributed by atoms with van der Waals surface area (Å²) < 4.78 is 38.7. The summed E-state index contributed by atoms with van der Waals surface area (Å²) in [5.74, 6) is 1.28. The van der Waals surface area contributed by atoms with Crippen LogP contribution >= 0.6 is 11.3 Å². The Labute approximate surface area is 140 Å². The average molecular weight is 353 g/mol. The van der Waals surface area contributed by atoms with E-state index in [1.54, 1.807) is 17.4 Å². The quantitative estimate of drug-likeness (QED) is 0.830. The molecule has 1 aromatic heterocycles. The SMILES string of the molecule is COc1ccc(S(=O)(=O)N[C@H](c2cccs2)C2CC2)cc1OC. The zero-order valence-corrected chi connectivity index (χ0v) is 14.6. The molecule has 0 bridgehead atoms. The molecule has 1 atom stereocenters. The van der Waals surface area contributed by atoms with Crippen LogP contribution in [0.3, 0.4) is 0 Å². The predicted octanol–water partition coefficient (Wildman–Crippen LogP) is 3.19. The van der Waals surface area contributed by atoms with E-state index < -0.39 is 10.0 Å². The van der Waals surface area contributed by atoms with E-state index in [1.165, 1.54) is 26.4 Å². The standard InChI is InChI=1S/C16H19NO4S2/c1-20-13-8-7-12(10-14(13)21-2)23(18,19)17-16(11-5-6-11)15-4-3-9-22-15/h3-4,7-11,16-17H,5-6H2,1-2H3/t16-/m0/s1. The highest BCUT2D eigenvalue weighted by Gasteiger charge is 2.36. The van der Waals surface area contributed by atoms with Gasteiger partial charge in [-0.15, -0.1) is 11.3 Å². The predicted molar refractivity (Wildman–Crippen MR) is 89.7 cm³/mol. The van der Waals surface area contributed by atoms with E-state index in [0.29, 0.717) is 17.4 Å². The van der Waals surface area contributed by atoms with Gasteiger partial charge >= 0.3 is 0 Å². The molecule has 2 aromatic rings. The Morgan fingerprint density at radius 3 is 2.48 bits per heavy atom. The fourth-order valence-corrected chi connectivity index (χ4v) is 4.75. The van der Waals surface area contributed by atoms with E-state index in [9.17, 15) is 8.42 Å². The van der Waals surface area contributed by atoms with Gasteiger partial charge in [-0.1, -0.05) is 6.07 Å². The van der Waals surface area contributed by atoms with E-state index in [-0.39, 0.29) is 10.9 Å². The van der Waals surface area contributed by atoms with Gasteiger partial charge in [0.2, 0.25) is 10.0 Å². The normalized spacial score (nSPS) is 16.1. The van der Waals surface area contributed by atoms with E-state index in [1.807, 2.05) is 17.5 Å². The fourth-order valence-electron chi connectivity index (χ4n) is 2.50. The second kappa shape index (κ2) is 6.51. The lowest BCUT2D eigenvalue weighted by molar-refractivity contribution is 0.354. The first-order valence-electron chi connectivity index (χ1n) is 7.33. The molecule has 0 radical (unpaired) electrons. The molecule has 7 heteroatoms. The smallest absolute Gasteiger partial charge is 0.241 e. The molecule has 1 saturated carbocycles. The first-order chi connectivity index (χ1) is 11.0. The molecule has 1 heterocycles. The zero-order valence-electron chi connectivity index (χ0n) is 13.0. The highest BCUT2D eigenvalue weighted by Crippen LogP contribution is 2.43. The van der Waals surface area contributed by atoms with Crippen LogP contribution in [0.2, 0.25) is 0 Å². The van der Waals surface area contributed by atoms with Crippen LogP contribution in [-0.4, -0.2) is 22.6 Å². The van der Waals surface area contributed by atoms with Crippen molar-refractivity contribution in [3.63, 3.8) is 0 Å². The first kappa shape index (κ1) is 16.3. The number of thiophene rings is 1. The molecule has 0 saturated heterocycles. The van der Waals surface area contributed by atoms with Crippen LogP contribution in [0.5, 0.6) is 11.5 Å². The molecule has 1 aliphatic carbocycles. The fraction of sp³-hybridized carbons (Fsp3) is 0.375. The van der Waals surface area contributed by atoms with Gasteiger partial charge in [-0.25, -0.2) is 13.1 Å². The number of ether oxygens (including phenoxy) is 2. The summed E-state index contributed by atoms with van der Waals surface area (Å²) in [6.07, 6.45) is 2.11. The van der Waals surface area contributed by atoms with Crippen LogP contribution in [0, 0.1) is 5.92 Å². The van der Waals surface area contributed by atoms with Crippen LogP contribution in [0.25, 0.3) is 0 Å². The molecule has 0 unspecified atom stereocenters. The number of benzene rings is 1. The number of rotatable bonds is 7. The van der Waals surface area contributed by atoms with Crippen molar-refractivity contribution in [2.24, 2.45) is 5.92 Å². The van der Waals surface area contributed by atoms with Crippen molar-refractivity contribution in [1.82, 2.24) is 4.72 Å². The third-order valence-corrected chi connectivity index (χ3v) is 6.28. The topological polar surface area (TPSA) is 64.6 Å². The average Bonchev–Trinajstić information content (AvgIpc) is 3.26. The lowest BCUT2D eigenvalue weighted by Crippen LogP contribution is -2.29. The van der Waals surface area contributed by atoms with Crippen LogP contribution in [-0.2, 0) is 10.0 Å². The molecule has 124 valence electrons. The van der Waals surface area contributed by atoms with Gasteiger partial charge in [0.25, 0.3) is 0 Å². The van der Waals surface area contributed by atoms with Gasteiger partial charge in [0.15, 0.2) is 11.5 Å². The number of nitrogens with one attached hydrogen (secondary N) is 1. The maximum Gasteiger partial charge on any atom is 0.241 e. The second-order valence-electron chi connectivity index (χ2n) is 5.47. The Bertz CT molecular complexity index is 767. The van der Waals surface area contributed by atoms with Crippen molar-refractivity contribution in [2.75, 3.05) is 14.2 Å². The highest BCUT2D eigenvalue weighted by molar-refractivity contribution is 7.89. The first-order valence-corrected chi connectivity index (χ1v) is 9.69. The Hall–Kier alpha value is -1.57. The maximum absolute atomic E-state index is 12.7. The number of hydrogen-bond donors (Lipinski definition) is 1. The van der Waals surface area contributed by atoms with Crippen LogP contribution in [0.1, 0.15) is 23.8 Å². The minimum Gasteiger partial charge on any atom is -0.493 e. The molecule has 1 aromatic carbocycles. The van der Waals surface area contributed by atoms with Crippen molar-refractivity contribution < 1.29 is 17.9 Å². The van der Waals surface area contributed by atoms with Gasteiger partial charge in [0, 0.05) is 10.9 Å². The van der Waals surface area contributed by atoms with Crippen LogP contribution in [0.15, 0.2) is 40.6 Å². The maximum atomic E-state index is 12.7. The van der Waals surface area contributed by atoms with Gasteiger partial charge in [-0.3, -0.25) is 0 Å². The van der Waals surface area contributed by atoms with Crippen LogP contribution < -0.4 is 14.2 Å². The van der Waals surface area contributed by atoms with Gasteiger partial charge in [-0.05, 0) is 42.3 Å². The molecule has 5 nitrogen and oxygen atoms in total. The monoisotopic (exact) mass is 353 g/mol. The Morgan fingerprint density at radius 2 is 1.91 bits per heavy atom. The Morgan fingerprint density at radius 1 is 1.17 bits per heavy atom. The summed E-state index contributed by atoms with van der Waals surface area (Å²) in [7, 11) is -0.623. The Balaban J connectivity index is 1.89. The minimum absolute atomic E-state index is 0.159. The van der Waals surface area contributed by atoms with E-state index in [0.717, 1.165) is 17.7 Å².